The number of rotatable bonds is 6. The van der Waals surface area contributed by atoms with Crippen molar-refractivity contribution in [2.24, 2.45) is 16.8 Å². The molecule has 0 aromatic rings. The van der Waals surface area contributed by atoms with Gasteiger partial charge in [0.05, 0.1) is 6.54 Å². The van der Waals surface area contributed by atoms with Crippen molar-refractivity contribution in [3.8, 4) is 0 Å². The van der Waals surface area contributed by atoms with Crippen molar-refractivity contribution in [2.75, 3.05) is 13.1 Å². The highest BCUT2D eigenvalue weighted by Gasteiger charge is 2.44. The molecule has 0 amide bonds. The van der Waals surface area contributed by atoms with Gasteiger partial charge >= 0.3 is 18.5 Å². The quantitative estimate of drug-likeness (QED) is 0.227. The standard InChI is InChI=1S/C7H10F7N3O/c8-5(9)6(10,11)2-16-1-3(4(15)17-18)7(12,13)14/h3,5,16,18H,1-2H2,(H2,15,17). The summed E-state index contributed by atoms with van der Waals surface area (Å²) in [4.78, 5) is 0. The number of amidine groups is 1. The molecule has 4 N–H and O–H groups in total. The fourth-order valence-corrected chi connectivity index (χ4v) is 0.918. The Kier molecular flexibility index (Phi) is 5.64. The minimum absolute atomic E-state index is 1.21. The Morgan fingerprint density at radius 3 is 2.06 bits per heavy atom. The third-order valence-corrected chi connectivity index (χ3v) is 1.90. The van der Waals surface area contributed by atoms with E-state index in [9.17, 15) is 30.7 Å². The first-order valence-corrected chi connectivity index (χ1v) is 4.43. The van der Waals surface area contributed by atoms with E-state index in [1.807, 2.05) is 0 Å². The van der Waals surface area contributed by atoms with Gasteiger partial charge in [0.15, 0.2) is 5.84 Å². The van der Waals surface area contributed by atoms with Crippen LogP contribution in [-0.2, 0) is 0 Å². The maximum absolute atomic E-state index is 12.4. The molecule has 0 aliphatic carbocycles. The van der Waals surface area contributed by atoms with E-state index in [0.717, 1.165) is 0 Å². The monoisotopic (exact) mass is 285 g/mol. The molecule has 0 aliphatic heterocycles. The summed E-state index contributed by atoms with van der Waals surface area (Å²) in [5.74, 6) is -8.26. The van der Waals surface area contributed by atoms with Crippen molar-refractivity contribution in [1.82, 2.24) is 5.32 Å². The van der Waals surface area contributed by atoms with E-state index in [1.54, 1.807) is 0 Å². The number of oxime groups is 1. The Morgan fingerprint density at radius 1 is 1.22 bits per heavy atom. The molecular weight excluding hydrogens is 275 g/mol. The molecule has 0 rings (SSSR count). The van der Waals surface area contributed by atoms with E-state index < -0.39 is 43.4 Å². The van der Waals surface area contributed by atoms with Gasteiger partial charge in [-0.15, -0.1) is 0 Å². The summed E-state index contributed by atoms with van der Waals surface area (Å²) in [6.45, 7) is -2.86. The van der Waals surface area contributed by atoms with Crippen LogP contribution in [-0.4, -0.2) is 42.7 Å². The molecule has 1 atom stereocenters. The second-order valence-electron chi connectivity index (χ2n) is 3.31. The van der Waals surface area contributed by atoms with E-state index in [1.165, 1.54) is 5.32 Å². The molecule has 1 unspecified atom stereocenters. The normalized spacial score (nSPS) is 16.1. The Labute approximate surface area is 96.6 Å². The van der Waals surface area contributed by atoms with Crippen molar-refractivity contribution < 1.29 is 35.9 Å². The van der Waals surface area contributed by atoms with Gasteiger partial charge in [0, 0.05) is 6.54 Å². The van der Waals surface area contributed by atoms with Crippen molar-refractivity contribution in [1.29, 1.82) is 0 Å². The summed E-state index contributed by atoms with van der Waals surface area (Å²) >= 11 is 0. The topological polar surface area (TPSA) is 70.6 Å². The van der Waals surface area contributed by atoms with Crippen molar-refractivity contribution in [3.05, 3.63) is 0 Å². The van der Waals surface area contributed by atoms with Crippen molar-refractivity contribution in [2.45, 2.75) is 18.5 Å². The molecule has 18 heavy (non-hydrogen) atoms. The third-order valence-electron chi connectivity index (χ3n) is 1.90. The second-order valence-corrected chi connectivity index (χ2v) is 3.31. The first-order chi connectivity index (χ1) is 8.02. The fraction of sp³-hybridized carbons (Fsp3) is 0.857. The van der Waals surface area contributed by atoms with Crippen LogP contribution in [0.2, 0.25) is 0 Å². The van der Waals surface area contributed by atoms with Gasteiger partial charge in [-0.2, -0.15) is 22.0 Å². The van der Waals surface area contributed by atoms with Crippen LogP contribution in [0.3, 0.4) is 0 Å². The highest BCUT2D eigenvalue weighted by atomic mass is 19.4. The summed E-state index contributed by atoms with van der Waals surface area (Å²) in [5, 5.41) is 11.7. The largest absolute Gasteiger partial charge is 0.409 e. The molecule has 0 aromatic carbocycles. The van der Waals surface area contributed by atoms with Gasteiger partial charge in [-0.1, -0.05) is 5.16 Å². The predicted molar refractivity (Wildman–Crippen MR) is 46.8 cm³/mol. The smallest absolute Gasteiger partial charge is 0.400 e. The van der Waals surface area contributed by atoms with Gasteiger partial charge in [-0.05, 0) is 0 Å². The van der Waals surface area contributed by atoms with Crippen LogP contribution in [0.1, 0.15) is 0 Å². The molecular formula is C7H10F7N3O. The molecule has 11 heteroatoms. The average Bonchev–Trinajstić information content (AvgIpc) is 2.21. The van der Waals surface area contributed by atoms with Gasteiger partial charge in [0.2, 0.25) is 0 Å². The van der Waals surface area contributed by atoms with Crippen molar-refractivity contribution >= 4 is 5.84 Å². The van der Waals surface area contributed by atoms with Crippen LogP contribution in [0.4, 0.5) is 30.7 Å². The van der Waals surface area contributed by atoms with E-state index in [4.69, 9.17) is 10.9 Å². The lowest BCUT2D eigenvalue weighted by molar-refractivity contribution is -0.158. The van der Waals surface area contributed by atoms with Gasteiger partial charge < -0.3 is 16.3 Å². The summed E-state index contributed by atoms with van der Waals surface area (Å²) in [7, 11) is 0. The van der Waals surface area contributed by atoms with Gasteiger partial charge in [0.25, 0.3) is 0 Å². The molecule has 0 aromatic heterocycles. The number of hydrogen-bond donors (Lipinski definition) is 3. The molecule has 0 fully saturated rings. The minimum Gasteiger partial charge on any atom is -0.409 e. The van der Waals surface area contributed by atoms with Crippen LogP contribution in [0, 0.1) is 5.92 Å². The Bertz CT molecular complexity index is 291. The number of nitrogens with two attached hydrogens (primary N) is 1. The van der Waals surface area contributed by atoms with E-state index in [0.29, 0.717) is 0 Å². The summed E-state index contributed by atoms with van der Waals surface area (Å²) in [6.07, 6.45) is -8.96. The number of halogens is 7. The molecule has 4 nitrogen and oxygen atoms in total. The summed E-state index contributed by atoms with van der Waals surface area (Å²) in [6, 6.07) is 0. The zero-order chi connectivity index (χ0) is 14.6. The highest BCUT2D eigenvalue weighted by Crippen LogP contribution is 2.26. The first-order valence-electron chi connectivity index (χ1n) is 4.43. The number of hydrogen-bond acceptors (Lipinski definition) is 3. The number of alkyl halides is 7. The van der Waals surface area contributed by atoms with Crippen molar-refractivity contribution in [3.63, 3.8) is 0 Å². The third kappa shape index (κ3) is 4.94. The van der Waals surface area contributed by atoms with Gasteiger partial charge in [-0.25, -0.2) is 8.78 Å². The van der Waals surface area contributed by atoms with Crippen LogP contribution >= 0.6 is 0 Å². The SMILES string of the molecule is NC(=NO)C(CNCC(F)(F)C(F)F)C(F)(F)F. The molecule has 0 heterocycles. The maximum Gasteiger partial charge on any atom is 0.400 e. The molecule has 0 radical (unpaired) electrons. The van der Waals surface area contributed by atoms with Crippen LogP contribution in [0.25, 0.3) is 0 Å². The average molecular weight is 285 g/mol. The lowest BCUT2D eigenvalue weighted by atomic mass is 10.1. The zero-order valence-corrected chi connectivity index (χ0v) is 8.69. The molecule has 0 saturated carbocycles. The fourth-order valence-electron chi connectivity index (χ4n) is 0.918. The molecule has 0 spiro atoms. The Balaban J connectivity index is 4.48. The second kappa shape index (κ2) is 6.07. The minimum atomic E-state index is -4.95. The number of nitrogens with zero attached hydrogens (tertiary/aromatic N) is 1. The number of nitrogens with one attached hydrogen (secondary N) is 1. The lowest BCUT2D eigenvalue weighted by Crippen LogP contribution is -2.46. The van der Waals surface area contributed by atoms with Gasteiger partial charge in [-0.3, -0.25) is 0 Å². The molecule has 108 valence electrons. The van der Waals surface area contributed by atoms with Crippen LogP contribution in [0.5, 0.6) is 0 Å². The summed E-state index contributed by atoms with van der Waals surface area (Å²) in [5.41, 5.74) is 4.72. The van der Waals surface area contributed by atoms with Gasteiger partial charge in [0.1, 0.15) is 5.92 Å². The van der Waals surface area contributed by atoms with E-state index >= 15 is 0 Å². The molecule has 0 saturated heterocycles. The predicted octanol–water partition coefficient (Wildman–Crippen LogP) is 1.40. The highest BCUT2D eigenvalue weighted by molar-refractivity contribution is 5.83. The molecule has 0 aliphatic rings. The Morgan fingerprint density at radius 2 is 1.72 bits per heavy atom. The zero-order valence-electron chi connectivity index (χ0n) is 8.69. The summed E-state index contributed by atoms with van der Waals surface area (Å²) < 4.78 is 85.0. The lowest BCUT2D eigenvalue weighted by Gasteiger charge is -2.21. The molecule has 0 bridgehead atoms. The maximum atomic E-state index is 12.4. The van der Waals surface area contributed by atoms with Crippen LogP contribution in [0.15, 0.2) is 5.16 Å². The first kappa shape index (κ1) is 16.7. The Hall–Kier alpha value is -1.26. The van der Waals surface area contributed by atoms with E-state index in [-0.39, 0.29) is 0 Å². The van der Waals surface area contributed by atoms with Crippen LogP contribution < -0.4 is 11.1 Å². The van der Waals surface area contributed by atoms with E-state index in [2.05, 4.69) is 5.16 Å².